The largest absolute Gasteiger partial charge is 0.444 e. The van der Waals surface area contributed by atoms with E-state index in [9.17, 15) is 4.79 Å². The monoisotopic (exact) mass is 434 g/mol. The Kier molecular flexibility index (Phi) is 7.67. The zero-order valence-corrected chi connectivity index (χ0v) is 21.5. The normalized spacial score (nSPS) is 16.5. The highest BCUT2D eigenvalue weighted by Gasteiger charge is 2.37. The summed E-state index contributed by atoms with van der Waals surface area (Å²) in [6.45, 7) is 21.4. The van der Waals surface area contributed by atoms with Crippen LogP contribution in [-0.4, -0.2) is 44.0 Å². The molecule has 0 spiro atoms. The van der Waals surface area contributed by atoms with Crippen molar-refractivity contribution in [1.82, 2.24) is 4.90 Å². The van der Waals surface area contributed by atoms with Gasteiger partial charge in [0, 0.05) is 30.4 Å². The summed E-state index contributed by atoms with van der Waals surface area (Å²) in [4.78, 5) is 14.1. The zero-order chi connectivity index (χ0) is 22.7. The highest BCUT2D eigenvalue weighted by molar-refractivity contribution is 6.74. The molecule has 2 rings (SSSR count). The van der Waals surface area contributed by atoms with Gasteiger partial charge in [0.2, 0.25) is 0 Å². The highest BCUT2D eigenvalue weighted by Crippen LogP contribution is 2.38. The fraction of sp³-hybridized carbons (Fsp3) is 0.708. The van der Waals surface area contributed by atoms with Crippen molar-refractivity contribution in [3.63, 3.8) is 0 Å². The van der Waals surface area contributed by atoms with E-state index in [1.54, 1.807) is 0 Å². The number of benzene rings is 1. The first-order valence-corrected chi connectivity index (χ1v) is 14.1. The van der Waals surface area contributed by atoms with Crippen LogP contribution in [0.1, 0.15) is 65.5 Å². The lowest BCUT2D eigenvalue weighted by atomic mass is 10.0. The van der Waals surface area contributed by atoms with Gasteiger partial charge in [-0.1, -0.05) is 32.9 Å². The Labute approximate surface area is 184 Å². The lowest BCUT2D eigenvalue weighted by Gasteiger charge is -2.37. The average molecular weight is 435 g/mol. The molecule has 1 heterocycles. The maximum Gasteiger partial charge on any atom is 0.410 e. The number of ether oxygens (including phenoxy) is 1. The Balaban J connectivity index is 2.00. The number of aryl methyl sites for hydroxylation is 1. The molecule has 0 bridgehead atoms. The van der Waals surface area contributed by atoms with E-state index < -0.39 is 13.9 Å². The summed E-state index contributed by atoms with van der Waals surface area (Å²) >= 11 is 0. The first kappa shape index (κ1) is 24.7. The minimum absolute atomic E-state index is 0.192. The second-order valence-corrected chi connectivity index (χ2v) is 15.8. The smallest absolute Gasteiger partial charge is 0.410 e. The molecule has 0 radical (unpaired) electrons. The SMILES string of the molecule is Cc1cccc(NC2CCN(C(=O)OC(C)(C)C)CC2)c1CO[Si](C)(C)C(C)(C)C. The molecule has 1 aliphatic heterocycles. The van der Waals surface area contributed by atoms with Crippen LogP contribution in [0.3, 0.4) is 0 Å². The summed E-state index contributed by atoms with van der Waals surface area (Å²) in [6, 6.07) is 6.75. The molecule has 1 saturated heterocycles. The summed E-state index contributed by atoms with van der Waals surface area (Å²) < 4.78 is 12.0. The van der Waals surface area contributed by atoms with E-state index in [1.165, 1.54) is 11.1 Å². The third-order valence-electron chi connectivity index (χ3n) is 6.30. The van der Waals surface area contributed by atoms with Crippen LogP contribution in [0.4, 0.5) is 10.5 Å². The summed E-state index contributed by atoms with van der Waals surface area (Å²) in [6.07, 6.45) is 1.62. The maximum atomic E-state index is 12.3. The number of rotatable bonds is 5. The Hall–Kier alpha value is -1.53. The molecule has 170 valence electrons. The van der Waals surface area contributed by atoms with Crippen molar-refractivity contribution >= 4 is 20.1 Å². The van der Waals surface area contributed by atoms with Crippen LogP contribution in [0, 0.1) is 6.92 Å². The Morgan fingerprint density at radius 2 is 1.73 bits per heavy atom. The Bertz CT molecular complexity index is 727. The first-order valence-electron chi connectivity index (χ1n) is 11.2. The van der Waals surface area contributed by atoms with Gasteiger partial charge in [-0.25, -0.2) is 4.79 Å². The number of hydrogen-bond acceptors (Lipinski definition) is 4. The van der Waals surface area contributed by atoms with Gasteiger partial charge >= 0.3 is 6.09 Å². The van der Waals surface area contributed by atoms with Crippen LogP contribution in [0.5, 0.6) is 0 Å². The number of carbonyl (C=O) groups is 1. The third kappa shape index (κ3) is 6.74. The number of amides is 1. The Morgan fingerprint density at radius 1 is 1.13 bits per heavy atom. The van der Waals surface area contributed by atoms with Crippen LogP contribution in [-0.2, 0) is 15.8 Å². The molecule has 0 unspecified atom stereocenters. The summed E-state index contributed by atoms with van der Waals surface area (Å²) in [5.74, 6) is 0. The molecule has 30 heavy (non-hydrogen) atoms. The van der Waals surface area contributed by atoms with E-state index in [0.717, 1.165) is 18.5 Å². The van der Waals surface area contributed by atoms with Crippen molar-refractivity contribution in [2.45, 2.75) is 97.7 Å². The number of likely N-dealkylation sites (tertiary alicyclic amines) is 1. The number of anilines is 1. The predicted molar refractivity (Wildman–Crippen MR) is 128 cm³/mol. The molecule has 1 N–H and O–H groups in total. The molecular formula is C24H42N2O3Si. The minimum atomic E-state index is -1.81. The molecule has 1 aromatic rings. The molecule has 1 aromatic carbocycles. The molecule has 5 nitrogen and oxygen atoms in total. The van der Waals surface area contributed by atoms with Crippen LogP contribution in [0.2, 0.25) is 18.1 Å². The van der Waals surface area contributed by atoms with E-state index in [2.05, 4.69) is 64.3 Å². The van der Waals surface area contributed by atoms with Crippen molar-refractivity contribution in [2.24, 2.45) is 0 Å². The third-order valence-corrected chi connectivity index (χ3v) is 10.8. The van der Waals surface area contributed by atoms with Crippen LogP contribution < -0.4 is 5.32 Å². The highest BCUT2D eigenvalue weighted by atomic mass is 28.4. The molecule has 0 atom stereocenters. The predicted octanol–water partition coefficient (Wildman–Crippen LogP) is 6.33. The average Bonchev–Trinajstić information content (AvgIpc) is 2.59. The lowest BCUT2D eigenvalue weighted by molar-refractivity contribution is 0.0210. The molecule has 6 heteroatoms. The van der Waals surface area contributed by atoms with Crippen LogP contribution in [0.15, 0.2) is 18.2 Å². The minimum Gasteiger partial charge on any atom is -0.444 e. The number of nitrogens with one attached hydrogen (secondary N) is 1. The van der Waals surface area contributed by atoms with Crippen molar-refractivity contribution in [1.29, 1.82) is 0 Å². The maximum absolute atomic E-state index is 12.3. The van der Waals surface area contributed by atoms with Gasteiger partial charge in [0.05, 0.1) is 6.61 Å². The van der Waals surface area contributed by atoms with Crippen molar-refractivity contribution in [2.75, 3.05) is 18.4 Å². The van der Waals surface area contributed by atoms with Crippen molar-refractivity contribution < 1.29 is 14.0 Å². The number of nitrogens with zero attached hydrogens (tertiary/aromatic N) is 1. The lowest BCUT2D eigenvalue weighted by Crippen LogP contribution is -2.44. The van der Waals surface area contributed by atoms with Gasteiger partial charge < -0.3 is 19.4 Å². The summed E-state index contributed by atoms with van der Waals surface area (Å²) in [5, 5.41) is 3.92. The van der Waals surface area contributed by atoms with Gasteiger partial charge in [-0.2, -0.15) is 0 Å². The second-order valence-electron chi connectivity index (χ2n) is 11.0. The van der Waals surface area contributed by atoms with Gasteiger partial charge in [0.1, 0.15) is 5.60 Å². The molecule has 1 fully saturated rings. The fourth-order valence-electron chi connectivity index (χ4n) is 3.25. The number of carbonyl (C=O) groups excluding carboxylic acids is 1. The van der Waals surface area contributed by atoms with E-state index >= 15 is 0 Å². The van der Waals surface area contributed by atoms with Crippen LogP contribution in [0.25, 0.3) is 0 Å². The van der Waals surface area contributed by atoms with Crippen molar-refractivity contribution in [3.8, 4) is 0 Å². The van der Waals surface area contributed by atoms with Gasteiger partial charge in [-0.3, -0.25) is 0 Å². The van der Waals surface area contributed by atoms with Crippen LogP contribution >= 0.6 is 0 Å². The molecule has 1 amide bonds. The quantitative estimate of drug-likeness (QED) is 0.550. The number of hydrogen-bond donors (Lipinski definition) is 1. The summed E-state index contributed by atoms with van der Waals surface area (Å²) in [5.41, 5.74) is 3.21. The van der Waals surface area contributed by atoms with Gasteiger partial charge in [-0.15, -0.1) is 0 Å². The van der Waals surface area contributed by atoms with Gasteiger partial charge in [0.15, 0.2) is 8.32 Å². The van der Waals surface area contributed by atoms with Gasteiger partial charge in [-0.05, 0) is 70.3 Å². The van der Waals surface area contributed by atoms with E-state index in [0.29, 0.717) is 25.7 Å². The van der Waals surface area contributed by atoms with Crippen molar-refractivity contribution in [3.05, 3.63) is 29.3 Å². The van der Waals surface area contributed by atoms with E-state index in [1.807, 2.05) is 25.7 Å². The second kappa shape index (κ2) is 9.31. The molecule has 0 aromatic heterocycles. The van der Waals surface area contributed by atoms with Gasteiger partial charge in [0.25, 0.3) is 0 Å². The molecule has 0 aliphatic carbocycles. The molecular weight excluding hydrogens is 392 g/mol. The van der Waals surface area contributed by atoms with E-state index in [-0.39, 0.29) is 11.1 Å². The first-order chi connectivity index (χ1) is 13.7. The topological polar surface area (TPSA) is 50.8 Å². The summed E-state index contributed by atoms with van der Waals surface area (Å²) in [7, 11) is -1.81. The fourth-order valence-corrected chi connectivity index (χ4v) is 4.19. The molecule has 1 aliphatic rings. The van der Waals surface area contributed by atoms with E-state index in [4.69, 9.17) is 9.16 Å². The zero-order valence-electron chi connectivity index (χ0n) is 20.5. The standard InChI is InChI=1S/C24H42N2O3Si/c1-18-11-10-12-21(20(18)17-28-30(8,9)24(5,6)7)25-19-13-15-26(16-14-19)22(27)29-23(2,3)4/h10-12,19,25H,13-17H2,1-9H3. The number of piperidine rings is 1. The molecule has 0 saturated carbocycles. The Morgan fingerprint density at radius 3 is 2.27 bits per heavy atom.